The predicted octanol–water partition coefficient (Wildman–Crippen LogP) is 3.38. The van der Waals surface area contributed by atoms with Crippen molar-refractivity contribution in [3.8, 4) is 6.07 Å². The van der Waals surface area contributed by atoms with Crippen molar-refractivity contribution in [3.63, 3.8) is 0 Å². The van der Waals surface area contributed by atoms with Crippen molar-refractivity contribution >= 4 is 28.4 Å². The second-order valence-corrected chi connectivity index (χ2v) is 4.09. The Morgan fingerprint density at radius 1 is 1.44 bits per heavy atom. The van der Waals surface area contributed by atoms with Crippen LogP contribution in [-0.4, -0.2) is 5.78 Å². The van der Waals surface area contributed by atoms with Crippen molar-refractivity contribution in [3.05, 3.63) is 32.4 Å². The van der Waals surface area contributed by atoms with Crippen LogP contribution in [0.25, 0.3) is 0 Å². The third-order valence-electron chi connectivity index (χ3n) is 1.92. The Bertz CT molecular complexity index is 488. The highest BCUT2D eigenvalue weighted by molar-refractivity contribution is 14.1. The number of benzene rings is 1. The number of nitriles is 1. The summed E-state index contributed by atoms with van der Waals surface area (Å²) in [5, 5.41) is 8.70. The molecule has 0 saturated carbocycles. The van der Waals surface area contributed by atoms with Gasteiger partial charge in [0, 0.05) is 9.13 Å². The molecule has 0 saturated heterocycles. The summed E-state index contributed by atoms with van der Waals surface area (Å²) >= 11 is 1.44. The first-order chi connectivity index (χ1) is 7.29. The van der Waals surface area contributed by atoms with Crippen LogP contribution in [0.3, 0.4) is 0 Å². The summed E-state index contributed by atoms with van der Waals surface area (Å²) in [6.07, 6.45) is -4.52. The Labute approximate surface area is 103 Å². The van der Waals surface area contributed by atoms with Gasteiger partial charge in [0.25, 0.3) is 0 Å². The van der Waals surface area contributed by atoms with Crippen molar-refractivity contribution in [1.29, 1.82) is 5.26 Å². The lowest BCUT2D eigenvalue weighted by atomic mass is 10.0. The number of nitrogens with zero attached hydrogens (tertiary/aromatic N) is 1. The summed E-state index contributed by atoms with van der Waals surface area (Å²) in [7, 11) is 0. The molecule has 0 heterocycles. The van der Waals surface area contributed by atoms with E-state index in [1.54, 1.807) is 6.07 Å². The Hall–Kier alpha value is -1.10. The molecule has 0 spiro atoms. The number of carbonyl (C=O) groups excluding carboxylic acids is 1. The second-order valence-electron chi connectivity index (χ2n) is 3.02. The van der Waals surface area contributed by atoms with E-state index in [0.29, 0.717) is 0 Å². The van der Waals surface area contributed by atoms with Crippen molar-refractivity contribution in [1.82, 2.24) is 0 Å². The lowest BCUT2D eigenvalue weighted by Crippen LogP contribution is -2.12. The Morgan fingerprint density at radius 2 is 2.00 bits per heavy atom. The molecule has 1 rings (SSSR count). The largest absolute Gasteiger partial charge is 0.417 e. The van der Waals surface area contributed by atoms with E-state index in [0.717, 1.165) is 19.1 Å². The van der Waals surface area contributed by atoms with Crippen LogP contribution in [0.5, 0.6) is 0 Å². The number of rotatable bonds is 1. The smallest absolute Gasteiger partial charge is 0.294 e. The lowest BCUT2D eigenvalue weighted by molar-refractivity contribution is -0.138. The molecule has 0 aliphatic rings. The molecule has 0 aromatic heterocycles. The molecule has 0 N–H and O–H groups in total. The zero-order valence-corrected chi connectivity index (χ0v) is 10.2. The Balaban J connectivity index is 3.58. The van der Waals surface area contributed by atoms with Crippen molar-refractivity contribution in [2.24, 2.45) is 0 Å². The molecule has 0 aliphatic carbocycles. The van der Waals surface area contributed by atoms with Crippen molar-refractivity contribution in [2.45, 2.75) is 13.1 Å². The van der Waals surface area contributed by atoms with Crippen molar-refractivity contribution < 1.29 is 18.0 Å². The minimum atomic E-state index is -4.52. The predicted molar refractivity (Wildman–Crippen MR) is 58.9 cm³/mol. The quantitative estimate of drug-likeness (QED) is 0.581. The van der Waals surface area contributed by atoms with Gasteiger partial charge >= 0.3 is 6.18 Å². The van der Waals surface area contributed by atoms with Gasteiger partial charge in [-0.05, 0) is 41.6 Å². The summed E-state index contributed by atoms with van der Waals surface area (Å²) in [5.74, 6) is -0.549. The van der Waals surface area contributed by atoms with E-state index in [4.69, 9.17) is 5.26 Å². The summed E-state index contributed by atoms with van der Waals surface area (Å²) in [5.41, 5.74) is -1.10. The molecule has 0 bridgehead atoms. The fourth-order valence-corrected chi connectivity index (χ4v) is 2.39. The van der Waals surface area contributed by atoms with Gasteiger partial charge in [0.1, 0.15) is 0 Å². The maximum atomic E-state index is 12.5. The minimum absolute atomic E-state index is 0.0371. The minimum Gasteiger partial charge on any atom is -0.294 e. The van der Waals surface area contributed by atoms with Gasteiger partial charge in [-0.3, -0.25) is 4.79 Å². The normalized spacial score (nSPS) is 11.0. The average Bonchev–Trinajstić information content (AvgIpc) is 2.14. The number of halogens is 4. The first kappa shape index (κ1) is 13.0. The van der Waals surface area contributed by atoms with Crippen LogP contribution in [0, 0.1) is 14.9 Å². The molecule has 0 atom stereocenters. The topological polar surface area (TPSA) is 40.9 Å². The highest BCUT2D eigenvalue weighted by Gasteiger charge is 2.34. The zero-order valence-electron chi connectivity index (χ0n) is 8.02. The van der Waals surface area contributed by atoms with Gasteiger partial charge in [0.2, 0.25) is 0 Å². The van der Waals surface area contributed by atoms with Crippen LogP contribution in [0.15, 0.2) is 12.1 Å². The van der Waals surface area contributed by atoms with E-state index >= 15 is 0 Å². The van der Waals surface area contributed by atoms with E-state index in [9.17, 15) is 18.0 Å². The molecule has 0 radical (unpaired) electrons. The molecule has 1 aromatic carbocycles. The average molecular weight is 339 g/mol. The first-order valence-electron chi connectivity index (χ1n) is 4.09. The van der Waals surface area contributed by atoms with Gasteiger partial charge in [-0.25, -0.2) is 0 Å². The van der Waals surface area contributed by atoms with Crippen LogP contribution in [0.1, 0.15) is 28.4 Å². The number of carbonyl (C=O) groups is 1. The molecular weight excluding hydrogens is 334 g/mol. The number of hydrogen-bond donors (Lipinski definition) is 0. The summed E-state index contributed by atoms with van der Waals surface area (Å²) in [6.45, 7) is 1.14. The van der Waals surface area contributed by atoms with E-state index in [1.165, 1.54) is 22.6 Å². The third-order valence-corrected chi connectivity index (χ3v) is 3.04. The van der Waals surface area contributed by atoms with Gasteiger partial charge in [-0.2, -0.15) is 18.4 Å². The second kappa shape index (κ2) is 4.41. The number of Topliss-reactive ketones (excluding diaryl/α,β-unsaturated/α-hetero) is 1. The maximum Gasteiger partial charge on any atom is 0.417 e. The first-order valence-corrected chi connectivity index (χ1v) is 5.17. The summed E-state index contributed by atoms with van der Waals surface area (Å²) < 4.78 is 37.4. The molecule has 0 amide bonds. The van der Waals surface area contributed by atoms with Crippen LogP contribution in [0.2, 0.25) is 0 Å². The number of ketones is 1. The standard InChI is InChI=1S/C10H5F3INO/c1-5(16)8-6(4-15)2-3-7(9(8)14)10(11,12)13/h2-3H,1H3. The maximum absolute atomic E-state index is 12.5. The Morgan fingerprint density at radius 3 is 2.38 bits per heavy atom. The molecule has 6 heteroatoms. The summed E-state index contributed by atoms with van der Waals surface area (Å²) in [6, 6.07) is 3.53. The van der Waals surface area contributed by atoms with Crippen LogP contribution in [-0.2, 0) is 6.18 Å². The van der Waals surface area contributed by atoms with E-state index in [-0.39, 0.29) is 14.7 Å². The SMILES string of the molecule is CC(=O)c1c(C#N)ccc(C(F)(F)F)c1I. The molecular formula is C10H5F3INO. The third kappa shape index (κ3) is 2.35. The van der Waals surface area contributed by atoms with Gasteiger partial charge < -0.3 is 0 Å². The van der Waals surface area contributed by atoms with Gasteiger partial charge in [0.15, 0.2) is 5.78 Å². The highest BCUT2D eigenvalue weighted by atomic mass is 127. The summed E-state index contributed by atoms with van der Waals surface area (Å²) in [4.78, 5) is 11.2. The molecule has 0 aliphatic heterocycles. The van der Waals surface area contributed by atoms with E-state index in [2.05, 4.69) is 0 Å². The molecule has 16 heavy (non-hydrogen) atoms. The fraction of sp³-hybridized carbons (Fsp3) is 0.200. The van der Waals surface area contributed by atoms with E-state index < -0.39 is 17.5 Å². The molecule has 84 valence electrons. The van der Waals surface area contributed by atoms with Crippen LogP contribution >= 0.6 is 22.6 Å². The Kier molecular flexibility index (Phi) is 3.57. The fourth-order valence-electron chi connectivity index (χ4n) is 1.23. The zero-order chi connectivity index (χ0) is 12.5. The van der Waals surface area contributed by atoms with E-state index in [1.807, 2.05) is 0 Å². The molecule has 0 fully saturated rings. The van der Waals surface area contributed by atoms with Gasteiger partial charge in [0.05, 0.1) is 17.2 Å². The molecule has 0 unspecified atom stereocenters. The monoisotopic (exact) mass is 339 g/mol. The molecule has 2 nitrogen and oxygen atoms in total. The van der Waals surface area contributed by atoms with Gasteiger partial charge in [-0.15, -0.1) is 0 Å². The number of alkyl halides is 3. The van der Waals surface area contributed by atoms with Crippen molar-refractivity contribution in [2.75, 3.05) is 0 Å². The lowest BCUT2D eigenvalue weighted by Gasteiger charge is -2.12. The highest BCUT2D eigenvalue weighted by Crippen LogP contribution is 2.35. The van der Waals surface area contributed by atoms with Crippen LogP contribution < -0.4 is 0 Å². The molecule has 1 aromatic rings. The van der Waals surface area contributed by atoms with Gasteiger partial charge in [-0.1, -0.05) is 0 Å². The van der Waals surface area contributed by atoms with Crippen LogP contribution in [0.4, 0.5) is 13.2 Å². The number of hydrogen-bond acceptors (Lipinski definition) is 2.